The lowest BCUT2D eigenvalue weighted by Crippen LogP contribution is -2.29. The molecule has 0 aromatic carbocycles. The van der Waals surface area contributed by atoms with E-state index in [-0.39, 0.29) is 5.91 Å². The molecule has 1 heterocycles. The highest BCUT2D eigenvalue weighted by atomic mass is 32.1. The maximum atomic E-state index is 11.3. The van der Waals surface area contributed by atoms with E-state index in [4.69, 9.17) is 10.6 Å². The van der Waals surface area contributed by atoms with Crippen LogP contribution in [0.1, 0.15) is 21.0 Å². The summed E-state index contributed by atoms with van der Waals surface area (Å²) in [6.07, 6.45) is 1.01. The van der Waals surface area contributed by atoms with Crippen LogP contribution in [-0.2, 0) is 11.3 Å². The van der Waals surface area contributed by atoms with Gasteiger partial charge in [-0.25, -0.2) is 5.84 Å². The summed E-state index contributed by atoms with van der Waals surface area (Å²) < 4.78 is 5.00. The molecule has 1 aromatic heterocycles. The third-order valence-corrected chi connectivity index (χ3v) is 3.40. The van der Waals surface area contributed by atoms with Crippen molar-refractivity contribution < 1.29 is 9.53 Å². The molecule has 3 N–H and O–H groups in total. The van der Waals surface area contributed by atoms with E-state index < -0.39 is 0 Å². The first-order valence-electron chi connectivity index (χ1n) is 5.44. The van der Waals surface area contributed by atoms with Crippen molar-refractivity contribution in [2.24, 2.45) is 5.84 Å². The molecule has 0 spiro atoms. The van der Waals surface area contributed by atoms with Gasteiger partial charge in [-0.1, -0.05) is 0 Å². The first kappa shape index (κ1) is 14.1. The van der Waals surface area contributed by atoms with Gasteiger partial charge in [0, 0.05) is 31.7 Å². The Kier molecular flexibility index (Phi) is 6.13. The van der Waals surface area contributed by atoms with Crippen molar-refractivity contribution in [3.05, 3.63) is 21.9 Å². The van der Waals surface area contributed by atoms with Gasteiger partial charge in [0.15, 0.2) is 0 Å². The number of hydrogen-bond acceptors (Lipinski definition) is 5. The average molecular weight is 257 g/mol. The number of nitrogens with one attached hydrogen (secondary N) is 1. The van der Waals surface area contributed by atoms with E-state index >= 15 is 0 Å². The minimum atomic E-state index is -0.233. The number of thiophene rings is 1. The summed E-state index contributed by atoms with van der Waals surface area (Å²) in [6, 6.07) is 3.76. The zero-order valence-corrected chi connectivity index (χ0v) is 11.0. The van der Waals surface area contributed by atoms with E-state index in [1.807, 2.05) is 6.07 Å². The quantitative estimate of drug-likeness (QED) is 0.328. The highest BCUT2D eigenvalue weighted by Gasteiger charge is 2.08. The number of carbonyl (C=O) groups is 1. The number of carbonyl (C=O) groups excluding carboxylic acids is 1. The molecule has 0 radical (unpaired) electrons. The van der Waals surface area contributed by atoms with Crippen LogP contribution < -0.4 is 11.3 Å². The Hall–Kier alpha value is -0.950. The zero-order valence-electron chi connectivity index (χ0n) is 10.2. The summed E-state index contributed by atoms with van der Waals surface area (Å²) >= 11 is 1.47. The van der Waals surface area contributed by atoms with Crippen LogP contribution >= 0.6 is 11.3 Å². The minimum absolute atomic E-state index is 0.233. The van der Waals surface area contributed by atoms with Gasteiger partial charge in [-0.3, -0.25) is 10.2 Å². The summed E-state index contributed by atoms with van der Waals surface area (Å²) in [5.41, 5.74) is 2.13. The van der Waals surface area contributed by atoms with Crippen LogP contribution in [0.25, 0.3) is 0 Å². The molecule has 0 fully saturated rings. The predicted molar refractivity (Wildman–Crippen MR) is 68.8 cm³/mol. The van der Waals surface area contributed by atoms with Crippen LogP contribution in [0.4, 0.5) is 0 Å². The molecule has 0 aliphatic carbocycles. The lowest BCUT2D eigenvalue weighted by Gasteiger charge is -2.14. The Balaban J connectivity index is 2.40. The lowest BCUT2D eigenvalue weighted by molar-refractivity contribution is 0.0957. The maximum absolute atomic E-state index is 11.3. The van der Waals surface area contributed by atoms with E-state index in [9.17, 15) is 4.79 Å². The average Bonchev–Trinajstić information content (AvgIpc) is 2.77. The Labute approximate surface area is 106 Å². The number of methoxy groups -OCH3 is 1. The van der Waals surface area contributed by atoms with Crippen molar-refractivity contribution in [2.45, 2.75) is 13.0 Å². The van der Waals surface area contributed by atoms with Gasteiger partial charge in [0.2, 0.25) is 0 Å². The fourth-order valence-corrected chi connectivity index (χ4v) is 2.47. The van der Waals surface area contributed by atoms with Crippen LogP contribution in [0, 0.1) is 0 Å². The van der Waals surface area contributed by atoms with Crippen LogP contribution in [0.3, 0.4) is 0 Å². The van der Waals surface area contributed by atoms with Gasteiger partial charge in [-0.05, 0) is 25.6 Å². The summed E-state index contributed by atoms with van der Waals surface area (Å²) in [4.78, 5) is 15.3. The predicted octanol–water partition coefficient (Wildman–Crippen LogP) is 0.820. The first-order chi connectivity index (χ1) is 8.17. The molecule has 17 heavy (non-hydrogen) atoms. The molecule has 5 nitrogen and oxygen atoms in total. The molecule has 1 amide bonds. The molecule has 0 unspecified atom stereocenters. The van der Waals surface area contributed by atoms with Crippen LogP contribution in [0.15, 0.2) is 12.1 Å². The van der Waals surface area contributed by atoms with Crippen molar-refractivity contribution in [1.82, 2.24) is 10.3 Å². The molecule has 0 atom stereocenters. The number of nitrogen functional groups attached to an aromatic ring is 1. The SMILES string of the molecule is COCCCN(C)Cc1ccc(C(=O)NN)s1. The number of ether oxygens (including phenoxy) is 1. The van der Waals surface area contributed by atoms with Crippen LogP contribution in [0.5, 0.6) is 0 Å². The van der Waals surface area contributed by atoms with E-state index in [1.54, 1.807) is 13.2 Å². The normalized spacial score (nSPS) is 10.8. The molecular formula is C11H19N3O2S. The third kappa shape index (κ3) is 4.82. The van der Waals surface area contributed by atoms with Gasteiger partial charge in [0.05, 0.1) is 4.88 Å². The Morgan fingerprint density at radius 2 is 2.35 bits per heavy atom. The van der Waals surface area contributed by atoms with Gasteiger partial charge in [-0.15, -0.1) is 11.3 Å². The van der Waals surface area contributed by atoms with E-state index in [0.717, 1.165) is 31.0 Å². The number of hydrogen-bond donors (Lipinski definition) is 2. The number of rotatable bonds is 7. The zero-order chi connectivity index (χ0) is 12.7. The topological polar surface area (TPSA) is 67.6 Å². The summed E-state index contributed by atoms with van der Waals surface area (Å²) in [5.74, 6) is 4.85. The van der Waals surface area contributed by atoms with Gasteiger partial charge in [0.25, 0.3) is 5.91 Å². The second-order valence-electron chi connectivity index (χ2n) is 3.82. The summed E-state index contributed by atoms with van der Waals surface area (Å²) in [6.45, 7) is 2.59. The molecule has 0 saturated heterocycles. The molecule has 0 aliphatic heterocycles. The highest BCUT2D eigenvalue weighted by Crippen LogP contribution is 2.17. The molecule has 1 rings (SSSR count). The number of nitrogens with zero attached hydrogens (tertiary/aromatic N) is 1. The number of hydrazine groups is 1. The van der Waals surface area contributed by atoms with Crippen molar-refractivity contribution in [1.29, 1.82) is 0 Å². The van der Waals surface area contributed by atoms with Crippen molar-refractivity contribution in [2.75, 3.05) is 27.3 Å². The van der Waals surface area contributed by atoms with Crippen molar-refractivity contribution in [3.63, 3.8) is 0 Å². The van der Waals surface area contributed by atoms with Gasteiger partial charge < -0.3 is 9.64 Å². The fourth-order valence-electron chi connectivity index (χ4n) is 1.48. The van der Waals surface area contributed by atoms with Crippen molar-refractivity contribution >= 4 is 17.2 Å². The lowest BCUT2D eigenvalue weighted by atomic mass is 10.3. The molecule has 6 heteroatoms. The molecular weight excluding hydrogens is 238 g/mol. The molecule has 96 valence electrons. The van der Waals surface area contributed by atoms with E-state index in [2.05, 4.69) is 17.4 Å². The van der Waals surface area contributed by atoms with Gasteiger partial charge >= 0.3 is 0 Å². The van der Waals surface area contributed by atoms with Crippen LogP contribution in [0.2, 0.25) is 0 Å². The fraction of sp³-hybridized carbons (Fsp3) is 0.545. The Morgan fingerprint density at radius 3 is 3.00 bits per heavy atom. The van der Waals surface area contributed by atoms with Crippen molar-refractivity contribution in [3.8, 4) is 0 Å². The number of amides is 1. The summed E-state index contributed by atoms with van der Waals surface area (Å²) in [5, 5.41) is 0. The molecule has 1 aromatic rings. The molecule has 0 saturated carbocycles. The Morgan fingerprint density at radius 1 is 1.59 bits per heavy atom. The van der Waals surface area contributed by atoms with E-state index in [0.29, 0.717) is 4.88 Å². The van der Waals surface area contributed by atoms with Gasteiger partial charge in [0.1, 0.15) is 0 Å². The maximum Gasteiger partial charge on any atom is 0.275 e. The third-order valence-electron chi connectivity index (χ3n) is 2.33. The second kappa shape index (κ2) is 7.39. The minimum Gasteiger partial charge on any atom is -0.385 e. The highest BCUT2D eigenvalue weighted by molar-refractivity contribution is 7.14. The van der Waals surface area contributed by atoms with Crippen LogP contribution in [-0.4, -0.2) is 38.1 Å². The monoisotopic (exact) mass is 257 g/mol. The standard InChI is InChI=1S/C11H19N3O2S/c1-14(6-3-7-16-2)8-9-4-5-10(17-9)11(15)13-12/h4-5H,3,6-8,12H2,1-2H3,(H,13,15). The Bertz CT molecular complexity index is 354. The second-order valence-corrected chi connectivity index (χ2v) is 4.99. The largest absolute Gasteiger partial charge is 0.385 e. The van der Waals surface area contributed by atoms with Gasteiger partial charge in [-0.2, -0.15) is 0 Å². The molecule has 0 aliphatic rings. The summed E-state index contributed by atoms with van der Waals surface area (Å²) in [7, 11) is 3.76. The number of nitrogens with two attached hydrogens (primary N) is 1. The smallest absolute Gasteiger partial charge is 0.275 e. The first-order valence-corrected chi connectivity index (χ1v) is 6.26. The molecule has 0 bridgehead atoms. The van der Waals surface area contributed by atoms with E-state index in [1.165, 1.54) is 11.3 Å².